The van der Waals surface area contributed by atoms with Gasteiger partial charge in [0.2, 0.25) is 0 Å². The summed E-state index contributed by atoms with van der Waals surface area (Å²) in [5.41, 5.74) is 0.614. The average Bonchev–Trinajstić information content (AvgIpc) is 2.60. The molecule has 24 heavy (non-hydrogen) atoms. The maximum Gasteiger partial charge on any atom is 0.378 e. The second kappa shape index (κ2) is 8.81. The van der Waals surface area contributed by atoms with E-state index in [-0.39, 0.29) is 17.2 Å². The number of hydrogen-bond acceptors (Lipinski definition) is 6. The smallest absolute Gasteiger partial charge is 0.378 e. The highest BCUT2D eigenvalue weighted by atomic mass is 31.2. The molecule has 2 rings (SSSR count). The van der Waals surface area contributed by atoms with Crippen LogP contribution in [0.15, 0.2) is 36.7 Å². The summed E-state index contributed by atoms with van der Waals surface area (Å²) >= 11 is 0. The molecule has 2 aromatic rings. The lowest BCUT2D eigenvalue weighted by Crippen LogP contribution is -2.02. The van der Waals surface area contributed by atoms with Crippen LogP contribution in [0.2, 0.25) is 0 Å². The van der Waals surface area contributed by atoms with Crippen molar-refractivity contribution >= 4 is 7.60 Å². The van der Waals surface area contributed by atoms with E-state index in [1.165, 1.54) is 13.2 Å². The van der Waals surface area contributed by atoms with Crippen molar-refractivity contribution in [2.75, 3.05) is 13.3 Å². The first kappa shape index (κ1) is 18.4. The van der Waals surface area contributed by atoms with Crippen molar-refractivity contribution in [2.45, 2.75) is 32.6 Å². The van der Waals surface area contributed by atoms with Crippen LogP contribution in [-0.4, -0.2) is 28.3 Å². The van der Waals surface area contributed by atoms with Crippen LogP contribution in [0.1, 0.15) is 32.6 Å². The van der Waals surface area contributed by atoms with Crippen molar-refractivity contribution in [3.63, 3.8) is 0 Å². The van der Waals surface area contributed by atoms with Gasteiger partial charge < -0.3 is 14.2 Å². The molecular formula is C17H23N2O4P. The third-order valence-corrected chi connectivity index (χ3v) is 5.48. The largest absolute Gasteiger partial charge is 0.506 e. The first-order valence-electron chi connectivity index (χ1n) is 8.03. The third kappa shape index (κ3) is 4.79. The van der Waals surface area contributed by atoms with Gasteiger partial charge in [0.25, 0.3) is 0 Å². The SMILES string of the molecule is CCCCCCP(=O)(OC)Oc1cccnc1-c1ncccc1O. The summed E-state index contributed by atoms with van der Waals surface area (Å²) in [5.74, 6) is 0.267. The summed E-state index contributed by atoms with van der Waals surface area (Å²) in [6.45, 7) is 2.12. The molecule has 0 aliphatic heterocycles. The first-order valence-corrected chi connectivity index (χ1v) is 9.76. The van der Waals surface area contributed by atoms with E-state index >= 15 is 0 Å². The Kier molecular flexibility index (Phi) is 6.76. The van der Waals surface area contributed by atoms with E-state index in [0.717, 1.165) is 25.7 Å². The van der Waals surface area contributed by atoms with Crippen molar-refractivity contribution in [1.82, 2.24) is 9.97 Å². The number of rotatable bonds is 9. The Hall–Kier alpha value is -1.91. The summed E-state index contributed by atoms with van der Waals surface area (Å²) in [4.78, 5) is 8.34. The molecule has 6 nitrogen and oxygen atoms in total. The molecule has 1 atom stereocenters. The minimum Gasteiger partial charge on any atom is -0.506 e. The van der Waals surface area contributed by atoms with Gasteiger partial charge in [0.1, 0.15) is 17.1 Å². The Labute approximate surface area is 142 Å². The average molecular weight is 350 g/mol. The van der Waals surface area contributed by atoms with E-state index < -0.39 is 7.60 Å². The molecule has 0 aliphatic carbocycles. The summed E-state index contributed by atoms with van der Waals surface area (Å²) in [6.07, 6.45) is 7.39. The van der Waals surface area contributed by atoms with Crippen molar-refractivity contribution in [1.29, 1.82) is 0 Å². The Morgan fingerprint density at radius 3 is 2.46 bits per heavy atom. The topological polar surface area (TPSA) is 81.5 Å². The molecule has 0 radical (unpaired) electrons. The molecule has 0 aliphatic rings. The van der Waals surface area contributed by atoms with Gasteiger partial charge in [-0.2, -0.15) is 0 Å². The van der Waals surface area contributed by atoms with Gasteiger partial charge in [0.05, 0.1) is 6.16 Å². The molecule has 0 spiro atoms. The van der Waals surface area contributed by atoms with E-state index in [4.69, 9.17) is 9.05 Å². The monoisotopic (exact) mass is 350 g/mol. The normalized spacial score (nSPS) is 13.4. The van der Waals surface area contributed by atoms with Gasteiger partial charge in [-0.15, -0.1) is 0 Å². The molecule has 0 bridgehead atoms. The van der Waals surface area contributed by atoms with Crippen LogP contribution in [0.3, 0.4) is 0 Å². The summed E-state index contributed by atoms with van der Waals surface area (Å²) in [7, 11) is -1.89. The van der Waals surface area contributed by atoms with Crippen LogP contribution in [0.5, 0.6) is 11.5 Å². The molecule has 0 amide bonds. The fourth-order valence-corrected chi connectivity index (χ4v) is 3.68. The fourth-order valence-electron chi connectivity index (χ4n) is 2.28. The van der Waals surface area contributed by atoms with Gasteiger partial charge in [-0.25, -0.2) is 4.57 Å². The highest BCUT2D eigenvalue weighted by Crippen LogP contribution is 2.50. The number of unbranched alkanes of at least 4 members (excludes halogenated alkanes) is 3. The van der Waals surface area contributed by atoms with Crippen LogP contribution >= 0.6 is 7.60 Å². The number of aromatic hydroxyl groups is 1. The maximum absolute atomic E-state index is 12.8. The van der Waals surface area contributed by atoms with E-state index in [9.17, 15) is 9.67 Å². The van der Waals surface area contributed by atoms with Crippen molar-refractivity contribution in [2.24, 2.45) is 0 Å². The van der Waals surface area contributed by atoms with Gasteiger partial charge in [0, 0.05) is 19.5 Å². The maximum atomic E-state index is 12.8. The van der Waals surface area contributed by atoms with E-state index in [0.29, 0.717) is 11.9 Å². The van der Waals surface area contributed by atoms with Gasteiger partial charge in [-0.3, -0.25) is 9.97 Å². The lowest BCUT2D eigenvalue weighted by molar-refractivity contribution is 0.320. The second-order valence-corrected chi connectivity index (χ2v) is 7.61. The quantitative estimate of drug-likeness (QED) is 0.524. The molecule has 2 heterocycles. The Morgan fingerprint density at radius 2 is 1.79 bits per heavy atom. The van der Waals surface area contributed by atoms with Crippen molar-refractivity contribution in [3.8, 4) is 22.9 Å². The number of nitrogens with zero attached hydrogens (tertiary/aromatic N) is 2. The lowest BCUT2D eigenvalue weighted by atomic mass is 10.2. The predicted molar refractivity (Wildman–Crippen MR) is 93.4 cm³/mol. The molecule has 0 saturated heterocycles. The van der Waals surface area contributed by atoms with Gasteiger partial charge in [-0.1, -0.05) is 26.2 Å². The standard InChI is InChI=1S/C17H23N2O4P/c1-3-4-5-6-13-24(21,22-2)23-15-10-8-12-19-17(15)16-14(20)9-7-11-18-16/h7-12,20H,3-6,13H2,1-2H3. The zero-order chi connectivity index (χ0) is 17.4. The van der Waals surface area contributed by atoms with Gasteiger partial charge >= 0.3 is 7.60 Å². The number of hydrogen-bond donors (Lipinski definition) is 1. The lowest BCUT2D eigenvalue weighted by Gasteiger charge is -2.19. The molecule has 2 aromatic heterocycles. The molecule has 0 saturated carbocycles. The zero-order valence-corrected chi connectivity index (χ0v) is 14.9. The molecule has 7 heteroatoms. The van der Waals surface area contributed by atoms with E-state index in [1.54, 1.807) is 30.6 Å². The summed E-state index contributed by atoms with van der Waals surface area (Å²) in [5, 5.41) is 9.99. The molecule has 0 aromatic carbocycles. The molecular weight excluding hydrogens is 327 g/mol. The molecule has 130 valence electrons. The summed E-state index contributed by atoms with van der Waals surface area (Å²) < 4.78 is 23.7. The van der Waals surface area contributed by atoms with Crippen molar-refractivity contribution in [3.05, 3.63) is 36.7 Å². The number of aromatic nitrogens is 2. The van der Waals surface area contributed by atoms with Gasteiger partial charge in [-0.05, 0) is 30.7 Å². The minimum absolute atomic E-state index is 0.0174. The van der Waals surface area contributed by atoms with E-state index in [1.807, 2.05) is 0 Å². The number of pyridine rings is 2. The second-order valence-electron chi connectivity index (χ2n) is 5.39. The molecule has 0 fully saturated rings. The zero-order valence-electron chi connectivity index (χ0n) is 14.0. The highest BCUT2D eigenvalue weighted by molar-refractivity contribution is 7.54. The summed E-state index contributed by atoms with van der Waals surface area (Å²) in [6, 6.07) is 6.46. The predicted octanol–water partition coefficient (Wildman–Crippen LogP) is 4.65. The Balaban J connectivity index is 2.23. The van der Waals surface area contributed by atoms with Crippen LogP contribution in [-0.2, 0) is 9.09 Å². The first-order chi connectivity index (χ1) is 11.6. The van der Waals surface area contributed by atoms with Crippen LogP contribution in [0, 0.1) is 0 Å². The van der Waals surface area contributed by atoms with Crippen LogP contribution < -0.4 is 4.52 Å². The third-order valence-electron chi connectivity index (χ3n) is 3.58. The van der Waals surface area contributed by atoms with E-state index in [2.05, 4.69) is 16.9 Å². The molecule has 1 unspecified atom stereocenters. The van der Waals surface area contributed by atoms with Crippen molar-refractivity contribution < 1.29 is 18.7 Å². The van der Waals surface area contributed by atoms with Crippen LogP contribution in [0.4, 0.5) is 0 Å². The highest BCUT2D eigenvalue weighted by Gasteiger charge is 2.26. The fraction of sp³-hybridized carbons (Fsp3) is 0.412. The minimum atomic E-state index is -3.27. The van der Waals surface area contributed by atoms with Gasteiger partial charge in [0.15, 0.2) is 5.75 Å². The Morgan fingerprint density at radius 1 is 1.08 bits per heavy atom. The van der Waals surface area contributed by atoms with Crippen LogP contribution in [0.25, 0.3) is 11.4 Å². The Bertz CT molecular complexity index is 708. The molecule has 1 N–H and O–H groups in total.